The first-order chi connectivity index (χ1) is 11.5. The molecule has 0 bridgehead atoms. The quantitative estimate of drug-likeness (QED) is 0.535. The summed E-state index contributed by atoms with van der Waals surface area (Å²) in [5.74, 6) is -0.199. The third kappa shape index (κ3) is 5.62. The summed E-state index contributed by atoms with van der Waals surface area (Å²) in [6.07, 6.45) is 0. The molecule has 0 radical (unpaired) electrons. The number of benzene rings is 1. The van der Waals surface area contributed by atoms with Crippen molar-refractivity contribution >= 4 is 11.9 Å². The van der Waals surface area contributed by atoms with Crippen LogP contribution in [0.2, 0.25) is 0 Å². The zero-order valence-electron chi connectivity index (χ0n) is 14.9. The van der Waals surface area contributed by atoms with Crippen LogP contribution in [-0.2, 0) is 11.3 Å². The first-order valence-electron chi connectivity index (χ1n) is 8.79. The predicted octanol–water partition coefficient (Wildman–Crippen LogP) is -1.41. The number of quaternary nitrogens is 2. The van der Waals surface area contributed by atoms with Crippen molar-refractivity contribution in [3.63, 3.8) is 0 Å². The van der Waals surface area contributed by atoms with Gasteiger partial charge in [-0.25, -0.2) is 4.79 Å². The number of imide groups is 1. The first kappa shape index (κ1) is 18.4. The molecule has 1 aromatic rings. The maximum absolute atomic E-state index is 12.2. The average Bonchev–Trinajstić information content (AvgIpc) is 2.55. The molecule has 1 aliphatic rings. The summed E-state index contributed by atoms with van der Waals surface area (Å²) in [5.41, 5.74) is 1.35. The standard InChI is InChI=1S/C18H28N4O2/c1-14(2)19-18(24)20-17(23)15(3)22-11-9-21(10-12-22)13-16-7-5-4-6-8-16/h4-8,14-15H,9-13H2,1-3H3,(H2,19,20,23,24)/p+2/t15-/m1/s1. The van der Waals surface area contributed by atoms with Gasteiger partial charge in [-0.1, -0.05) is 30.3 Å². The molecule has 1 atom stereocenters. The molecule has 0 spiro atoms. The van der Waals surface area contributed by atoms with Crippen LogP contribution in [0, 0.1) is 0 Å². The van der Waals surface area contributed by atoms with Crippen LogP contribution in [0.3, 0.4) is 0 Å². The lowest BCUT2D eigenvalue weighted by Gasteiger charge is -2.32. The van der Waals surface area contributed by atoms with Crippen molar-refractivity contribution in [2.75, 3.05) is 26.2 Å². The Morgan fingerprint density at radius 3 is 2.25 bits per heavy atom. The highest BCUT2D eigenvalue weighted by Gasteiger charge is 2.31. The Hall–Kier alpha value is -1.92. The molecule has 3 amide bonds. The van der Waals surface area contributed by atoms with Crippen LogP contribution in [0.15, 0.2) is 30.3 Å². The van der Waals surface area contributed by atoms with Gasteiger partial charge in [0.05, 0.1) is 0 Å². The van der Waals surface area contributed by atoms with Crippen LogP contribution in [0.25, 0.3) is 0 Å². The van der Waals surface area contributed by atoms with Crippen molar-refractivity contribution in [1.82, 2.24) is 10.6 Å². The van der Waals surface area contributed by atoms with Crippen molar-refractivity contribution in [2.24, 2.45) is 0 Å². The molecule has 1 saturated heterocycles. The summed E-state index contributed by atoms with van der Waals surface area (Å²) in [7, 11) is 0. The second kappa shape index (κ2) is 8.80. The molecule has 24 heavy (non-hydrogen) atoms. The monoisotopic (exact) mass is 334 g/mol. The number of rotatable bonds is 5. The second-order valence-corrected chi connectivity index (χ2v) is 6.91. The van der Waals surface area contributed by atoms with Crippen LogP contribution in [0.5, 0.6) is 0 Å². The smallest absolute Gasteiger partial charge is 0.321 e. The fourth-order valence-corrected chi connectivity index (χ4v) is 3.12. The Bertz CT molecular complexity index is 539. The Morgan fingerprint density at radius 2 is 1.67 bits per heavy atom. The van der Waals surface area contributed by atoms with E-state index in [9.17, 15) is 9.59 Å². The van der Waals surface area contributed by atoms with Gasteiger partial charge in [-0.05, 0) is 20.8 Å². The van der Waals surface area contributed by atoms with Gasteiger partial charge in [0.25, 0.3) is 5.91 Å². The van der Waals surface area contributed by atoms with E-state index >= 15 is 0 Å². The number of urea groups is 1. The van der Waals surface area contributed by atoms with Gasteiger partial charge in [-0.2, -0.15) is 0 Å². The van der Waals surface area contributed by atoms with E-state index in [0.29, 0.717) is 0 Å². The normalized spacial score (nSPS) is 22.0. The number of amides is 3. The Balaban J connectivity index is 1.76. The SMILES string of the molecule is CC(C)NC(=O)NC(=O)[C@@H](C)[NH+]1CC[NH+](Cc2ccccc2)CC1. The number of hydrogen-bond donors (Lipinski definition) is 4. The highest BCUT2D eigenvalue weighted by molar-refractivity contribution is 5.96. The van der Waals surface area contributed by atoms with Crippen LogP contribution in [0.4, 0.5) is 4.79 Å². The zero-order valence-corrected chi connectivity index (χ0v) is 14.9. The van der Waals surface area contributed by atoms with Gasteiger partial charge >= 0.3 is 6.03 Å². The molecule has 1 aliphatic heterocycles. The number of hydrogen-bond acceptors (Lipinski definition) is 2. The average molecular weight is 334 g/mol. The van der Waals surface area contributed by atoms with Crippen LogP contribution >= 0.6 is 0 Å². The minimum Gasteiger partial charge on any atom is -0.336 e. The summed E-state index contributed by atoms with van der Waals surface area (Å²) >= 11 is 0. The Kier molecular flexibility index (Phi) is 6.75. The summed E-state index contributed by atoms with van der Waals surface area (Å²) < 4.78 is 0. The number of carbonyl (C=O) groups is 2. The lowest BCUT2D eigenvalue weighted by molar-refractivity contribution is -1.02. The van der Waals surface area contributed by atoms with E-state index in [1.165, 1.54) is 10.5 Å². The van der Waals surface area contributed by atoms with Gasteiger partial charge in [0, 0.05) is 11.6 Å². The van der Waals surface area contributed by atoms with E-state index in [1.807, 2.05) is 26.8 Å². The van der Waals surface area contributed by atoms with Gasteiger partial charge in [-0.15, -0.1) is 0 Å². The van der Waals surface area contributed by atoms with Crippen molar-refractivity contribution in [3.05, 3.63) is 35.9 Å². The fraction of sp³-hybridized carbons (Fsp3) is 0.556. The number of piperazine rings is 1. The summed E-state index contributed by atoms with van der Waals surface area (Å²) in [4.78, 5) is 26.7. The minimum absolute atomic E-state index is 0.0191. The van der Waals surface area contributed by atoms with Gasteiger partial charge in [0.1, 0.15) is 32.7 Å². The fourth-order valence-electron chi connectivity index (χ4n) is 3.12. The molecule has 0 aromatic heterocycles. The lowest BCUT2D eigenvalue weighted by atomic mass is 10.1. The van der Waals surface area contributed by atoms with Crippen LogP contribution in [-0.4, -0.2) is 50.2 Å². The zero-order chi connectivity index (χ0) is 17.5. The maximum atomic E-state index is 12.2. The number of nitrogens with one attached hydrogen (secondary N) is 4. The molecule has 2 rings (SSSR count). The van der Waals surface area contributed by atoms with E-state index in [-0.39, 0.29) is 18.0 Å². The van der Waals surface area contributed by atoms with Crippen molar-refractivity contribution in [1.29, 1.82) is 0 Å². The number of carbonyl (C=O) groups excluding carboxylic acids is 2. The van der Waals surface area contributed by atoms with Crippen molar-refractivity contribution in [2.45, 2.75) is 39.4 Å². The third-order valence-corrected chi connectivity index (χ3v) is 4.56. The molecule has 132 valence electrons. The second-order valence-electron chi connectivity index (χ2n) is 6.91. The van der Waals surface area contributed by atoms with E-state index in [4.69, 9.17) is 0 Å². The molecule has 1 aromatic carbocycles. The topological polar surface area (TPSA) is 67.1 Å². The van der Waals surface area contributed by atoms with E-state index < -0.39 is 6.03 Å². The molecule has 0 aliphatic carbocycles. The minimum atomic E-state index is -0.408. The van der Waals surface area contributed by atoms with Crippen LogP contribution < -0.4 is 20.4 Å². The molecular weight excluding hydrogens is 304 g/mol. The molecule has 6 heteroatoms. The largest absolute Gasteiger partial charge is 0.336 e. The van der Waals surface area contributed by atoms with Gasteiger partial charge < -0.3 is 15.1 Å². The molecule has 1 heterocycles. The molecule has 0 unspecified atom stereocenters. The highest BCUT2D eigenvalue weighted by atomic mass is 16.2. The van der Waals surface area contributed by atoms with Gasteiger partial charge in [0.2, 0.25) is 0 Å². The van der Waals surface area contributed by atoms with Gasteiger partial charge in [-0.3, -0.25) is 10.1 Å². The predicted molar refractivity (Wildman–Crippen MR) is 92.8 cm³/mol. The third-order valence-electron chi connectivity index (χ3n) is 4.56. The maximum Gasteiger partial charge on any atom is 0.321 e. The van der Waals surface area contributed by atoms with E-state index in [1.54, 1.807) is 4.90 Å². The molecular formula is C18H30N4O2+2. The molecule has 0 saturated carbocycles. The summed E-state index contributed by atoms with van der Waals surface area (Å²) in [6, 6.07) is 9.92. The molecule has 4 N–H and O–H groups in total. The molecule has 6 nitrogen and oxygen atoms in total. The summed E-state index contributed by atoms with van der Waals surface area (Å²) in [6.45, 7) is 10.6. The highest BCUT2D eigenvalue weighted by Crippen LogP contribution is 1.95. The summed E-state index contributed by atoms with van der Waals surface area (Å²) in [5, 5.41) is 5.12. The first-order valence-corrected chi connectivity index (χ1v) is 8.79. The van der Waals surface area contributed by atoms with E-state index in [2.05, 4.69) is 34.9 Å². The van der Waals surface area contributed by atoms with Crippen molar-refractivity contribution < 1.29 is 19.4 Å². The van der Waals surface area contributed by atoms with Crippen molar-refractivity contribution in [3.8, 4) is 0 Å². The van der Waals surface area contributed by atoms with E-state index in [0.717, 1.165) is 32.7 Å². The Morgan fingerprint density at radius 1 is 1.04 bits per heavy atom. The molecule has 1 fully saturated rings. The van der Waals surface area contributed by atoms with Crippen LogP contribution in [0.1, 0.15) is 26.3 Å². The van der Waals surface area contributed by atoms with Gasteiger partial charge in [0.15, 0.2) is 6.04 Å². The Labute approximate surface area is 144 Å². The lowest BCUT2D eigenvalue weighted by Crippen LogP contribution is -3.29.